The Balaban J connectivity index is 1.21. The number of nitrogens with zero attached hydrogens (tertiary/aromatic N) is 8. The molecule has 0 spiro atoms. The second kappa shape index (κ2) is 10.3. The molecule has 3 aromatic heterocycles. The Morgan fingerprint density at radius 1 is 1.10 bits per heavy atom. The number of H-pyrrole nitrogens is 1. The highest BCUT2D eigenvalue weighted by atomic mass is 19.1. The van der Waals surface area contributed by atoms with Crippen LogP contribution in [-0.2, 0) is 11.3 Å². The Kier molecular flexibility index (Phi) is 6.49. The van der Waals surface area contributed by atoms with Crippen LogP contribution in [0, 0.1) is 6.92 Å². The molecule has 1 N–H and O–H groups in total. The molecule has 0 aliphatic carbocycles. The number of ether oxygens (including phenoxy) is 1. The quantitative estimate of drug-likeness (QED) is 0.406. The number of rotatable bonds is 6. The molecule has 2 unspecified atom stereocenters. The molecule has 4 aromatic rings. The van der Waals surface area contributed by atoms with Gasteiger partial charge < -0.3 is 14.6 Å². The summed E-state index contributed by atoms with van der Waals surface area (Å²) in [6, 6.07) is 8.42. The fourth-order valence-electron chi connectivity index (χ4n) is 6.02. The van der Waals surface area contributed by atoms with Crippen molar-refractivity contribution in [3.8, 4) is 17.2 Å². The summed E-state index contributed by atoms with van der Waals surface area (Å²) in [5.41, 5.74) is 5.54. The van der Waals surface area contributed by atoms with Gasteiger partial charge in [-0.25, -0.2) is 19.0 Å². The van der Waals surface area contributed by atoms with E-state index in [9.17, 15) is 0 Å². The summed E-state index contributed by atoms with van der Waals surface area (Å²) in [7, 11) is 0. The fourth-order valence-corrected chi connectivity index (χ4v) is 6.02. The lowest BCUT2D eigenvalue weighted by Crippen LogP contribution is -2.56. The standard InChI is InChI=1S/C28H34FN9O/c1-19-4-2-5-20(14-19)24-21(15-35-9-6-23(22(29)17-35)36-7-3-8-36)16-38(34-24)28-32-25-26(33-28)30-18-31-27(25)37-10-12-39-13-11-37/h2,4-5,14,16,18,22-23H,3,6-13,15,17H2,1H3,(H,30,31,32,33). The molecule has 7 rings (SSSR count). The third-order valence-corrected chi connectivity index (χ3v) is 8.21. The van der Waals surface area contributed by atoms with Gasteiger partial charge in [-0.1, -0.05) is 23.8 Å². The second-order valence-electron chi connectivity index (χ2n) is 10.9. The van der Waals surface area contributed by atoms with Crippen molar-refractivity contribution in [3.05, 3.63) is 47.9 Å². The fraction of sp³-hybridized carbons (Fsp3) is 0.500. The average molecular weight is 532 g/mol. The lowest BCUT2D eigenvalue weighted by molar-refractivity contribution is 0.00206. The number of aryl methyl sites for hydroxylation is 1. The topological polar surface area (TPSA) is 91.2 Å². The lowest BCUT2D eigenvalue weighted by atomic mass is 9.97. The Morgan fingerprint density at radius 2 is 1.97 bits per heavy atom. The van der Waals surface area contributed by atoms with Gasteiger partial charge in [0, 0.05) is 56.1 Å². The van der Waals surface area contributed by atoms with Crippen LogP contribution in [0.15, 0.2) is 36.8 Å². The average Bonchev–Trinajstić information content (AvgIpc) is 3.54. The first-order valence-electron chi connectivity index (χ1n) is 13.9. The zero-order valence-corrected chi connectivity index (χ0v) is 22.3. The first kappa shape index (κ1) is 24.6. The SMILES string of the molecule is Cc1cccc(-c2nn(-c3nc4ncnc(N5CCOCC5)c4[nH]3)cc2CN2CCC(N3CCC3)C(F)C2)c1. The Hall–Kier alpha value is -3.41. The number of piperidine rings is 1. The third-order valence-electron chi connectivity index (χ3n) is 8.21. The van der Waals surface area contributed by atoms with Crippen LogP contribution in [0.25, 0.3) is 28.4 Å². The number of hydrogen-bond acceptors (Lipinski definition) is 8. The number of anilines is 1. The number of aromatic nitrogens is 6. The maximum atomic E-state index is 15.2. The normalized spacial score (nSPS) is 22.9. The first-order chi connectivity index (χ1) is 19.1. The van der Waals surface area contributed by atoms with E-state index in [4.69, 9.17) is 14.8 Å². The molecule has 39 heavy (non-hydrogen) atoms. The largest absolute Gasteiger partial charge is 0.378 e. The molecule has 3 aliphatic rings. The van der Waals surface area contributed by atoms with E-state index in [1.807, 2.05) is 6.20 Å². The predicted octanol–water partition coefficient (Wildman–Crippen LogP) is 2.97. The van der Waals surface area contributed by atoms with Crippen molar-refractivity contribution < 1.29 is 9.13 Å². The molecular formula is C28H34FN9O. The third kappa shape index (κ3) is 4.79. The van der Waals surface area contributed by atoms with Crippen molar-refractivity contribution in [2.45, 2.75) is 38.5 Å². The minimum atomic E-state index is -0.830. The van der Waals surface area contributed by atoms with Crippen LogP contribution < -0.4 is 4.90 Å². The van der Waals surface area contributed by atoms with E-state index in [1.54, 1.807) is 11.0 Å². The van der Waals surface area contributed by atoms with Crippen LogP contribution in [-0.4, -0.2) is 104 Å². The van der Waals surface area contributed by atoms with Crippen LogP contribution in [0.2, 0.25) is 0 Å². The van der Waals surface area contributed by atoms with Crippen molar-refractivity contribution in [3.63, 3.8) is 0 Å². The number of nitrogens with one attached hydrogen (secondary N) is 1. The smallest absolute Gasteiger partial charge is 0.230 e. The number of likely N-dealkylation sites (tertiary alicyclic amines) is 2. The van der Waals surface area contributed by atoms with E-state index < -0.39 is 6.17 Å². The minimum Gasteiger partial charge on any atom is -0.378 e. The summed E-state index contributed by atoms with van der Waals surface area (Å²) in [5, 5.41) is 4.99. The minimum absolute atomic E-state index is 0.0614. The summed E-state index contributed by atoms with van der Waals surface area (Å²) in [5.74, 6) is 1.41. The summed E-state index contributed by atoms with van der Waals surface area (Å²) in [6.45, 7) is 8.99. The van der Waals surface area contributed by atoms with Crippen LogP contribution >= 0.6 is 0 Å². The first-order valence-corrected chi connectivity index (χ1v) is 13.9. The number of imidazole rings is 1. The molecule has 0 saturated carbocycles. The van der Waals surface area contributed by atoms with Crippen molar-refractivity contribution >= 4 is 17.0 Å². The van der Waals surface area contributed by atoms with Gasteiger partial charge in [-0.05, 0) is 38.9 Å². The molecule has 0 radical (unpaired) electrons. The Bertz CT molecular complexity index is 1460. The van der Waals surface area contributed by atoms with Crippen molar-refractivity contribution in [1.29, 1.82) is 0 Å². The van der Waals surface area contributed by atoms with Gasteiger partial charge in [0.15, 0.2) is 11.5 Å². The molecule has 3 aliphatic heterocycles. The van der Waals surface area contributed by atoms with Gasteiger partial charge in [-0.15, -0.1) is 0 Å². The van der Waals surface area contributed by atoms with Gasteiger partial charge in [0.1, 0.15) is 18.0 Å². The highest BCUT2D eigenvalue weighted by Crippen LogP contribution is 2.30. The van der Waals surface area contributed by atoms with Gasteiger partial charge in [-0.2, -0.15) is 10.1 Å². The molecule has 11 heteroatoms. The van der Waals surface area contributed by atoms with Crippen LogP contribution in [0.1, 0.15) is 24.0 Å². The molecule has 10 nitrogen and oxygen atoms in total. The van der Waals surface area contributed by atoms with E-state index in [0.29, 0.717) is 37.9 Å². The number of fused-ring (bicyclic) bond motifs is 1. The van der Waals surface area contributed by atoms with E-state index >= 15 is 4.39 Å². The highest BCUT2D eigenvalue weighted by Gasteiger charge is 2.36. The molecule has 2 atom stereocenters. The summed E-state index contributed by atoms with van der Waals surface area (Å²) in [6.07, 6.45) is 4.80. The number of alkyl halides is 1. The lowest BCUT2D eigenvalue weighted by Gasteiger charge is -2.44. The Labute approximate surface area is 226 Å². The van der Waals surface area contributed by atoms with Crippen molar-refractivity contribution in [2.24, 2.45) is 0 Å². The van der Waals surface area contributed by atoms with Crippen LogP contribution in [0.4, 0.5) is 10.2 Å². The monoisotopic (exact) mass is 531 g/mol. The maximum Gasteiger partial charge on any atom is 0.230 e. The number of hydrogen-bond donors (Lipinski definition) is 1. The van der Waals surface area contributed by atoms with E-state index in [2.05, 4.69) is 60.8 Å². The molecule has 3 fully saturated rings. The number of morpholine rings is 1. The van der Waals surface area contributed by atoms with E-state index in [-0.39, 0.29) is 6.04 Å². The molecule has 204 valence electrons. The number of aromatic amines is 1. The molecular weight excluding hydrogens is 497 g/mol. The maximum absolute atomic E-state index is 15.2. The molecule has 0 amide bonds. The summed E-state index contributed by atoms with van der Waals surface area (Å²) < 4.78 is 22.5. The van der Waals surface area contributed by atoms with E-state index in [0.717, 1.165) is 67.3 Å². The number of benzene rings is 1. The Morgan fingerprint density at radius 3 is 2.74 bits per heavy atom. The zero-order chi connectivity index (χ0) is 26.3. The molecule has 6 heterocycles. The van der Waals surface area contributed by atoms with Crippen LogP contribution in [0.3, 0.4) is 0 Å². The second-order valence-corrected chi connectivity index (χ2v) is 10.9. The highest BCUT2D eigenvalue weighted by molar-refractivity contribution is 5.84. The molecule has 1 aromatic carbocycles. The molecule has 0 bridgehead atoms. The van der Waals surface area contributed by atoms with Crippen molar-refractivity contribution in [1.82, 2.24) is 39.5 Å². The number of halogens is 1. The van der Waals surface area contributed by atoms with Gasteiger partial charge in [0.05, 0.1) is 18.9 Å². The predicted molar refractivity (Wildman–Crippen MR) is 147 cm³/mol. The zero-order valence-electron chi connectivity index (χ0n) is 22.3. The van der Waals surface area contributed by atoms with Crippen LogP contribution in [0.5, 0.6) is 0 Å². The van der Waals surface area contributed by atoms with E-state index in [1.165, 1.54) is 12.0 Å². The van der Waals surface area contributed by atoms with Crippen molar-refractivity contribution in [2.75, 3.05) is 57.4 Å². The summed E-state index contributed by atoms with van der Waals surface area (Å²) >= 11 is 0. The summed E-state index contributed by atoms with van der Waals surface area (Å²) in [4.78, 5) is 23.9. The van der Waals surface area contributed by atoms with Gasteiger partial charge in [0.2, 0.25) is 5.95 Å². The van der Waals surface area contributed by atoms with Gasteiger partial charge in [0.25, 0.3) is 0 Å². The molecule has 3 saturated heterocycles. The van der Waals surface area contributed by atoms with Gasteiger partial charge in [-0.3, -0.25) is 9.80 Å². The van der Waals surface area contributed by atoms with Gasteiger partial charge >= 0.3 is 0 Å².